The summed E-state index contributed by atoms with van der Waals surface area (Å²) in [6.07, 6.45) is 1.94. The lowest BCUT2D eigenvalue weighted by Crippen LogP contribution is -2.20. The molecule has 0 bridgehead atoms. The van der Waals surface area contributed by atoms with Crippen molar-refractivity contribution in [2.24, 2.45) is 7.05 Å². The lowest BCUT2D eigenvalue weighted by atomic mass is 10.2. The Morgan fingerprint density at radius 3 is 2.72 bits per heavy atom. The third kappa shape index (κ3) is 2.46. The number of hydrogen-bond donors (Lipinski definition) is 1. The summed E-state index contributed by atoms with van der Waals surface area (Å²) in [4.78, 5) is 12.5. The van der Waals surface area contributed by atoms with Crippen LogP contribution in [-0.4, -0.2) is 28.9 Å². The van der Waals surface area contributed by atoms with Crippen LogP contribution in [0.1, 0.15) is 25.7 Å². The molecule has 128 valence electrons. The highest BCUT2D eigenvalue weighted by molar-refractivity contribution is 5.80. The minimum absolute atomic E-state index is 0.0781. The molecular weight excluding hydrogens is 318 g/mol. The van der Waals surface area contributed by atoms with Gasteiger partial charge in [0.05, 0.1) is 17.4 Å². The van der Waals surface area contributed by atoms with Crippen molar-refractivity contribution in [2.75, 3.05) is 5.32 Å². The molecule has 8 heteroatoms. The largest absolute Gasteiger partial charge is 0.361 e. The van der Waals surface area contributed by atoms with E-state index in [0.717, 1.165) is 17.2 Å². The summed E-state index contributed by atoms with van der Waals surface area (Å²) in [5.41, 5.74) is 0.723. The first-order valence-electron chi connectivity index (χ1n) is 8.17. The normalized spacial score (nSPS) is 11.7. The van der Waals surface area contributed by atoms with E-state index in [9.17, 15) is 4.79 Å². The first-order valence-corrected chi connectivity index (χ1v) is 8.17. The van der Waals surface area contributed by atoms with E-state index in [4.69, 9.17) is 0 Å². The summed E-state index contributed by atoms with van der Waals surface area (Å²) in [7, 11) is 1.71. The third-order valence-corrected chi connectivity index (χ3v) is 4.26. The molecule has 0 aliphatic rings. The number of para-hydroxylation sites is 1. The average Bonchev–Trinajstić information content (AvgIpc) is 3.25. The maximum atomic E-state index is 12.5. The van der Waals surface area contributed by atoms with E-state index >= 15 is 0 Å². The highest BCUT2D eigenvalue weighted by atomic mass is 16.1. The van der Waals surface area contributed by atoms with E-state index in [1.54, 1.807) is 7.05 Å². The van der Waals surface area contributed by atoms with Gasteiger partial charge < -0.3 is 5.32 Å². The zero-order valence-electron chi connectivity index (χ0n) is 14.3. The molecule has 0 saturated heterocycles. The van der Waals surface area contributed by atoms with Gasteiger partial charge in [-0.15, -0.1) is 10.2 Å². The van der Waals surface area contributed by atoms with Crippen LogP contribution in [0.25, 0.3) is 16.7 Å². The SMILES string of the molecule is CC(C)n1ccc(NCc2nnc3n(C)c(=O)c4ccccc4n23)n1. The first kappa shape index (κ1) is 15.4. The molecule has 0 radical (unpaired) electrons. The smallest absolute Gasteiger partial charge is 0.262 e. The van der Waals surface area contributed by atoms with E-state index < -0.39 is 0 Å². The molecule has 0 spiro atoms. The quantitative estimate of drug-likeness (QED) is 0.616. The van der Waals surface area contributed by atoms with Gasteiger partial charge in [0.1, 0.15) is 5.82 Å². The van der Waals surface area contributed by atoms with Crippen molar-refractivity contribution in [1.29, 1.82) is 0 Å². The van der Waals surface area contributed by atoms with Crippen LogP contribution in [0.15, 0.2) is 41.3 Å². The van der Waals surface area contributed by atoms with Crippen LogP contribution in [0.3, 0.4) is 0 Å². The zero-order valence-corrected chi connectivity index (χ0v) is 14.3. The van der Waals surface area contributed by atoms with Gasteiger partial charge in [-0.25, -0.2) is 0 Å². The number of rotatable bonds is 4. The molecular formula is C17H19N7O. The van der Waals surface area contributed by atoms with Crippen molar-refractivity contribution in [3.05, 3.63) is 52.7 Å². The Bertz CT molecular complexity index is 1120. The first-order chi connectivity index (χ1) is 12.1. The molecule has 4 aromatic rings. The molecule has 0 atom stereocenters. The highest BCUT2D eigenvalue weighted by Gasteiger charge is 2.14. The van der Waals surface area contributed by atoms with Gasteiger partial charge in [-0.3, -0.25) is 18.4 Å². The molecule has 0 fully saturated rings. The second-order valence-corrected chi connectivity index (χ2v) is 6.26. The van der Waals surface area contributed by atoms with Gasteiger partial charge in [-0.05, 0) is 26.0 Å². The molecule has 4 rings (SSSR count). The summed E-state index contributed by atoms with van der Waals surface area (Å²) < 4.78 is 5.32. The summed E-state index contributed by atoms with van der Waals surface area (Å²) in [6.45, 7) is 4.61. The Labute approximate surface area is 143 Å². The molecule has 8 nitrogen and oxygen atoms in total. The van der Waals surface area contributed by atoms with Crippen LogP contribution < -0.4 is 10.9 Å². The average molecular weight is 337 g/mol. The number of fused-ring (bicyclic) bond motifs is 3. The lowest BCUT2D eigenvalue weighted by molar-refractivity contribution is 0.533. The van der Waals surface area contributed by atoms with E-state index in [1.807, 2.05) is 45.6 Å². The predicted molar refractivity (Wildman–Crippen MR) is 95.7 cm³/mol. The number of benzene rings is 1. The molecule has 1 N–H and O–H groups in total. The molecule has 0 amide bonds. The van der Waals surface area contributed by atoms with Crippen molar-refractivity contribution in [3.8, 4) is 0 Å². The summed E-state index contributed by atoms with van der Waals surface area (Å²) in [6, 6.07) is 9.72. The maximum absolute atomic E-state index is 12.5. The van der Waals surface area contributed by atoms with Crippen LogP contribution in [0.5, 0.6) is 0 Å². The van der Waals surface area contributed by atoms with E-state index in [2.05, 4.69) is 34.5 Å². The predicted octanol–water partition coefficient (Wildman–Crippen LogP) is 1.97. The fourth-order valence-electron chi connectivity index (χ4n) is 2.90. The minimum Gasteiger partial charge on any atom is -0.361 e. The van der Waals surface area contributed by atoms with Crippen LogP contribution in [0, 0.1) is 0 Å². The van der Waals surface area contributed by atoms with Gasteiger partial charge in [0.25, 0.3) is 5.56 Å². The molecule has 0 unspecified atom stereocenters. The zero-order chi connectivity index (χ0) is 17.6. The van der Waals surface area contributed by atoms with Crippen LogP contribution in [-0.2, 0) is 13.6 Å². The topological polar surface area (TPSA) is 82.0 Å². The summed E-state index contributed by atoms with van der Waals surface area (Å²) >= 11 is 0. The molecule has 0 saturated carbocycles. The molecule has 3 aromatic heterocycles. The number of anilines is 1. The highest BCUT2D eigenvalue weighted by Crippen LogP contribution is 2.15. The molecule has 0 aliphatic carbocycles. The Hall–Kier alpha value is -3.16. The van der Waals surface area contributed by atoms with Crippen molar-refractivity contribution in [2.45, 2.75) is 26.4 Å². The van der Waals surface area contributed by atoms with Crippen LogP contribution >= 0.6 is 0 Å². The monoisotopic (exact) mass is 337 g/mol. The van der Waals surface area contributed by atoms with Crippen LogP contribution in [0.4, 0.5) is 5.82 Å². The third-order valence-electron chi connectivity index (χ3n) is 4.26. The van der Waals surface area contributed by atoms with Gasteiger partial charge in [-0.1, -0.05) is 12.1 Å². The number of aryl methyl sites for hydroxylation is 1. The van der Waals surface area contributed by atoms with Crippen LogP contribution in [0.2, 0.25) is 0 Å². The number of nitrogens with zero attached hydrogens (tertiary/aromatic N) is 6. The van der Waals surface area contributed by atoms with Gasteiger partial charge in [-0.2, -0.15) is 5.10 Å². The van der Waals surface area contributed by atoms with Crippen molar-refractivity contribution in [1.82, 2.24) is 28.9 Å². The number of aromatic nitrogens is 6. The summed E-state index contributed by atoms with van der Waals surface area (Å²) in [5, 5.41) is 16.8. The Balaban J connectivity index is 1.76. The van der Waals surface area contributed by atoms with Crippen molar-refractivity contribution in [3.63, 3.8) is 0 Å². The molecule has 25 heavy (non-hydrogen) atoms. The number of hydrogen-bond acceptors (Lipinski definition) is 5. The fraction of sp³-hybridized carbons (Fsp3) is 0.294. The van der Waals surface area contributed by atoms with E-state index in [-0.39, 0.29) is 5.56 Å². The second-order valence-electron chi connectivity index (χ2n) is 6.26. The van der Waals surface area contributed by atoms with Gasteiger partial charge in [0.2, 0.25) is 5.78 Å². The fourth-order valence-corrected chi connectivity index (χ4v) is 2.90. The van der Waals surface area contributed by atoms with Crippen molar-refractivity contribution >= 4 is 22.5 Å². The standard InChI is InChI=1S/C17H19N7O/c1-11(2)23-9-8-14(21-23)18-10-15-19-20-17-22(3)16(25)12-6-4-5-7-13(12)24(15)17/h4-9,11H,10H2,1-3H3,(H,18,21). The molecule has 0 aliphatic heterocycles. The second kappa shape index (κ2) is 5.73. The van der Waals surface area contributed by atoms with Crippen molar-refractivity contribution < 1.29 is 0 Å². The maximum Gasteiger partial charge on any atom is 0.262 e. The van der Waals surface area contributed by atoms with E-state index in [0.29, 0.717) is 23.8 Å². The molecule has 3 heterocycles. The lowest BCUT2D eigenvalue weighted by Gasteiger charge is -2.08. The van der Waals surface area contributed by atoms with Gasteiger partial charge in [0, 0.05) is 25.4 Å². The Morgan fingerprint density at radius 2 is 1.96 bits per heavy atom. The Morgan fingerprint density at radius 1 is 1.16 bits per heavy atom. The number of nitrogens with one attached hydrogen (secondary N) is 1. The van der Waals surface area contributed by atoms with E-state index in [1.165, 1.54) is 4.57 Å². The molecule has 1 aromatic carbocycles. The summed E-state index contributed by atoms with van der Waals surface area (Å²) in [5.74, 6) is 2.02. The Kier molecular flexibility index (Phi) is 3.52. The van der Waals surface area contributed by atoms with Gasteiger partial charge >= 0.3 is 0 Å². The van der Waals surface area contributed by atoms with Gasteiger partial charge in [0.15, 0.2) is 5.82 Å². The minimum atomic E-state index is -0.0781.